The fraction of sp³-hybridized carbons (Fsp3) is 0.167. The van der Waals surface area contributed by atoms with Crippen LogP contribution in [0.5, 0.6) is 0 Å². The molecule has 0 radical (unpaired) electrons. The second kappa shape index (κ2) is 5.76. The number of nitrogens with two attached hydrogens (primary N) is 1. The van der Waals surface area contributed by atoms with Crippen LogP contribution in [0, 0.1) is 0 Å². The van der Waals surface area contributed by atoms with Crippen molar-refractivity contribution in [1.82, 2.24) is 15.7 Å². The van der Waals surface area contributed by atoms with Crippen molar-refractivity contribution in [2.24, 2.45) is 5.10 Å². The van der Waals surface area contributed by atoms with E-state index in [0.717, 1.165) is 11.3 Å². The summed E-state index contributed by atoms with van der Waals surface area (Å²) in [5, 5.41) is 10.7. The summed E-state index contributed by atoms with van der Waals surface area (Å²) in [5.41, 5.74) is 9.54. The number of aromatic nitrogens is 2. The van der Waals surface area contributed by atoms with Crippen molar-refractivity contribution in [2.45, 2.75) is 13.3 Å². The Labute approximate surface area is 109 Å². The number of anilines is 1. The number of carbonyl (C=O) groups is 1. The predicted molar refractivity (Wildman–Crippen MR) is 69.4 cm³/mol. The first-order valence-electron chi connectivity index (χ1n) is 5.62. The van der Waals surface area contributed by atoms with E-state index in [4.69, 9.17) is 5.73 Å². The van der Waals surface area contributed by atoms with Gasteiger partial charge in [0.05, 0.1) is 0 Å². The quantitative estimate of drug-likeness (QED) is 0.629. The van der Waals surface area contributed by atoms with Crippen molar-refractivity contribution < 1.29 is 9.42 Å². The Balaban J connectivity index is 1.95. The lowest BCUT2D eigenvalue weighted by molar-refractivity contribution is 0.0945. The maximum absolute atomic E-state index is 11.6. The molecule has 0 aliphatic rings. The van der Waals surface area contributed by atoms with Crippen LogP contribution in [0.2, 0.25) is 0 Å². The highest BCUT2D eigenvalue weighted by Crippen LogP contribution is 2.04. The Bertz CT molecular complexity index is 591. The van der Waals surface area contributed by atoms with Gasteiger partial charge in [0.25, 0.3) is 5.91 Å². The fourth-order valence-corrected chi connectivity index (χ4v) is 1.48. The van der Waals surface area contributed by atoms with Crippen LogP contribution in [0.3, 0.4) is 0 Å². The van der Waals surface area contributed by atoms with Gasteiger partial charge < -0.3 is 5.73 Å². The van der Waals surface area contributed by atoms with Gasteiger partial charge in [-0.15, -0.1) is 0 Å². The van der Waals surface area contributed by atoms with Gasteiger partial charge >= 0.3 is 0 Å². The first-order chi connectivity index (χ1) is 9.16. The first-order valence-corrected chi connectivity index (χ1v) is 5.62. The summed E-state index contributed by atoms with van der Waals surface area (Å²) in [7, 11) is 0. The predicted octanol–water partition coefficient (Wildman–Crippen LogP) is 1.00. The van der Waals surface area contributed by atoms with Crippen LogP contribution in [0.4, 0.5) is 5.82 Å². The van der Waals surface area contributed by atoms with Gasteiger partial charge in [0.1, 0.15) is 0 Å². The van der Waals surface area contributed by atoms with E-state index in [1.54, 1.807) is 0 Å². The molecule has 0 atom stereocenters. The number of hydrogen-bond acceptors (Lipinski definition) is 6. The molecule has 1 aromatic carbocycles. The molecule has 2 aromatic rings. The Morgan fingerprint density at radius 2 is 2.11 bits per heavy atom. The molecule has 7 heteroatoms. The minimum atomic E-state index is -0.550. The van der Waals surface area contributed by atoms with Crippen molar-refractivity contribution in [3.63, 3.8) is 0 Å². The van der Waals surface area contributed by atoms with Crippen LogP contribution in [0.25, 0.3) is 0 Å². The molecule has 98 valence electrons. The molecule has 0 unspecified atom stereocenters. The minimum Gasteiger partial charge on any atom is -0.379 e. The van der Waals surface area contributed by atoms with E-state index < -0.39 is 5.91 Å². The molecule has 7 nitrogen and oxygen atoms in total. The normalized spacial score (nSPS) is 11.3. The topological polar surface area (TPSA) is 106 Å². The lowest BCUT2D eigenvalue weighted by atomic mass is 10.1. The summed E-state index contributed by atoms with van der Waals surface area (Å²) in [6, 6.07) is 9.81. The van der Waals surface area contributed by atoms with E-state index in [-0.39, 0.29) is 11.5 Å². The third-order valence-corrected chi connectivity index (χ3v) is 2.38. The molecular weight excluding hydrogens is 246 g/mol. The molecule has 1 aromatic heterocycles. The van der Waals surface area contributed by atoms with E-state index in [9.17, 15) is 4.79 Å². The van der Waals surface area contributed by atoms with Gasteiger partial charge in [0.2, 0.25) is 11.5 Å². The fourth-order valence-electron chi connectivity index (χ4n) is 1.48. The summed E-state index contributed by atoms with van der Waals surface area (Å²) in [6.07, 6.45) is 0.646. The number of carbonyl (C=O) groups excluding carboxylic acids is 1. The summed E-state index contributed by atoms with van der Waals surface area (Å²) in [4.78, 5) is 11.6. The largest absolute Gasteiger partial charge is 0.379 e. The zero-order chi connectivity index (χ0) is 13.7. The Morgan fingerprint density at radius 1 is 1.37 bits per heavy atom. The third kappa shape index (κ3) is 3.38. The average molecular weight is 259 g/mol. The summed E-state index contributed by atoms with van der Waals surface area (Å²) in [5.74, 6) is -0.612. The average Bonchev–Trinajstić information content (AvgIpc) is 2.83. The van der Waals surface area contributed by atoms with E-state index in [0.29, 0.717) is 6.42 Å². The number of rotatable bonds is 4. The van der Waals surface area contributed by atoms with Crippen LogP contribution in [-0.2, 0) is 6.42 Å². The number of hydrazone groups is 1. The highest BCUT2D eigenvalue weighted by atomic mass is 16.6. The zero-order valence-corrected chi connectivity index (χ0v) is 10.3. The monoisotopic (exact) mass is 259 g/mol. The molecule has 0 aliphatic carbocycles. The van der Waals surface area contributed by atoms with Crippen molar-refractivity contribution in [1.29, 1.82) is 0 Å². The number of benzene rings is 1. The number of nitrogens with zero attached hydrogens (tertiary/aromatic N) is 3. The number of amides is 1. The maximum Gasteiger partial charge on any atom is 0.297 e. The molecule has 0 spiro atoms. The van der Waals surface area contributed by atoms with Crippen molar-refractivity contribution in [2.75, 3.05) is 5.73 Å². The van der Waals surface area contributed by atoms with Crippen molar-refractivity contribution in [3.05, 3.63) is 41.6 Å². The lowest BCUT2D eigenvalue weighted by Crippen LogP contribution is -2.21. The molecule has 1 heterocycles. The van der Waals surface area contributed by atoms with Crippen LogP contribution >= 0.6 is 0 Å². The van der Waals surface area contributed by atoms with Crippen LogP contribution in [0.1, 0.15) is 23.0 Å². The SMILES string of the molecule is CC(Cc1ccccc1)=NNC(=O)c1nonc1N. The third-order valence-electron chi connectivity index (χ3n) is 2.38. The van der Waals surface area contributed by atoms with Crippen LogP contribution in [-0.4, -0.2) is 21.9 Å². The summed E-state index contributed by atoms with van der Waals surface area (Å²) < 4.78 is 4.33. The molecular formula is C12H13N5O2. The Kier molecular flexibility index (Phi) is 3.87. The molecule has 1 amide bonds. The van der Waals surface area contributed by atoms with E-state index in [1.807, 2.05) is 37.3 Å². The minimum absolute atomic E-state index is 0.0617. The van der Waals surface area contributed by atoms with Gasteiger partial charge in [-0.25, -0.2) is 10.1 Å². The second-order valence-electron chi connectivity index (χ2n) is 3.95. The lowest BCUT2D eigenvalue weighted by Gasteiger charge is -2.01. The zero-order valence-electron chi connectivity index (χ0n) is 10.3. The van der Waals surface area contributed by atoms with Crippen molar-refractivity contribution >= 4 is 17.4 Å². The molecule has 0 bridgehead atoms. The first kappa shape index (κ1) is 12.7. The van der Waals surface area contributed by atoms with Crippen molar-refractivity contribution in [3.8, 4) is 0 Å². The van der Waals surface area contributed by atoms with Gasteiger partial charge in [-0.3, -0.25) is 4.79 Å². The van der Waals surface area contributed by atoms with Crippen LogP contribution in [0.15, 0.2) is 40.1 Å². The summed E-state index contributed by atoms with van der Waals surface area (Å²) >= 11 is 0. The highest BCUT2D eigenvalue weighted by Gasteiger charge is 2.15. The molecule has 0 fully saturated rings. The second-order valence-corrected chi connectivity index (χ2v) is 3.95. The molecule has 0 saturated heterocycles. The molecule has 19 heavy (non-hydrogen) atoms. The van der Waals surface area contributed by atoms with Gasteiger partial charge in [0.15, 0.2) is 0 Å². The van der Waals surface area contributed by atoms with E-state index >= 15 is 0 Å². The smallest absolute Gasteiger partial charge is 0.297 e. The number of nitrogen functional groups attached to an aromatic ring is 1. The van der Waals surface area contributed by atoms with Gasteiger partial charge in [-0.05, 0) is 22.8 Å². The summed E-state index contributed by atoms with van der Waals surface area (Å²) in [6.45, 7) is 1.82. The van der Waals surface area contributed by atoms with Crippen LogP contribution < -0.4 is 11.2 Å². The molecule has 2 rings (SSSR count). The van der Waals surface area contributed by atoms with E-state index in [2.05, 4.69) is 25.5 Å². The Hall–Kier alpha value is -2.70. The Morgan fingerprint density at radius 3 is 2.74 bits per heavy atom. The van der Waals surface area contributed by atoms with Gasteiger partial charge in [-0.2, -0.15) is 5.10 Å². The number of nitrogens with one attached hydrogen (secondary N) is 1. The van der Waals surface area contributed by atoms with E-state index in [1.165, 1.54) is 0 Å². The van der Waals surface area contributed by atoms with Gasteiger partial charge in [0, 0.05) is 12.1 Å². The van der Waals surface area contributed by atoms with Gasteiger partial charge in [-0.1, -0.05) is 30.3 Å². The molecule has 0 aliphatic heterocycles. The maximum atomic E-state index is 11.6. The molecule has 3 N–H and O–H groups in total. The highest BCUT2D eigenvalue weighted by molar-refractivity contribution is 5.96. The standard InChI is InChI=1S/C12H13N5O2/c1-8(7-9-5-3-2-4-6-9)14-15-12(18)10-11(13)17-19-16-10/h2-6H,7H2,1H3,(H2,13,17)(H,15,18). The molecule has 0 saturated carbocycles. The number of hydrogen-bond donors (Lipinski definition) is 2.